The van der Waals surface area contributed by atoms with Gasteiger partial charge in [0.25, 0.3) is 0 Å². The van der Waals surface area contributed by atoms with E-state index >= 15 is 0 Å². The topological polar surface area (TPSA) is 77.2 Å². The maximum atomic E-state index is 11.8. The smallest absolute Gasteiger partial charge is 0.236 e. The van der Waals surface area contributed by atoms with Gasteiger partial charge in [-0.15, -0.1) is 23.1 Å². The molecule has 7 heteroatoms. The number of ether oxygens (including phenoxy) is 1. The van der Waals surface area contributed by atoms with Crippen molar-refractivity contribution in [3.8, 4) is 5.75 Å². The summed E-state index contributed by atoms with van der Waals surface area (Å²) in [4.78, 5) is 16.9. The highest BCUT2D eigenvalue weighted by Crippen LogP contribution is 2.31. The normalized spacial score (nSPS) is 10.3. The zero-order valence-corrected chi connectivity index (χ0v) is 12.8. The molecule has 1 amide bonds. The van der Waals surface area contributed by atoms with Crippen molar-refractivity contribution >= 4 is 39.8 Å². The number of carbonyl (C=O) groups excluding carboxylic acids is 1. The third-order valence-electron chi connectivity index (χ3n) is 2.41. The lowest BCUT2D eigenvalue weighted by Crippen LogP contribution is -2.13. The minimum absolute atomic E-state index is 0.0942. The highest BCUT2D eigenvalue weighted by atomic mass is 32.2. The van der Waals surface area contributed by atoms with Gasteiger partial charge in [-0.3, -0.25) is 4.79 Å². The fourth-order valence-electron chi connectivity index (χ4n) is 1.51. The lowest BCUT2D eigenvalue weighted by Gasteiger charge is -2.08. The van der Waals surface area contributed by atoms with Crippen molar-refractivity contribution in [2.45, 2.75) is 11.8 Å². The number of nitrogens with zero attached hydrogens (tertiary/aromatic N) is 1. The van der Waals surface area contributed by atoms with Gasteiger partial charge < -0.3 is 15.8 Å². The van der Waals surface area contributed by atoms with Gasteiger partial charge in [0.1, 0.15) is 5.75 Å². The number of nitrogens with one attached hydrogen (secondary N) is 1. The van der Waals surface area contributed by atoms with Crippen molar-refractivity contribution in [1.29, 1.82) is 0 Å². The van der Waals surface area contributed by atoms with E-state index in [-0.39, 0.29) is 5.91 Å². The van der Waals surface area contributed by atoms with Gasteiger partial charge in [0.2, 0.25) is 5.91 Å². The van der Waals surface area contributed by atoms with E-state index in [2.05, 4.69) is 10.3 Å². The summed E-state index contributed by atoms with van der Waals surface area (Å²) in [7, 11) is 1.58. The molecule has 0 unspecified atom stereocenters. The number of nitrogen functional groups attached to an aromatic ring is 1. The number of hydrogen-bond donors (Lipinski definition) is 2. The van der Waals surface area contributed by atoms with Crippen LogP contribution in [0.1, 0.15) is 5.69 Å². The van der Waals surface area contributed by atoms with Gasteiger partial charge in [0, 0.05) is 22.0 Å². The number of methoxy groups -OCH3 is 1. The number of aromatic nitrogens is 1. The van der Waals surface area contributed by atoms with E-state index in [1.807, 2.05) is 18.4 Å². The Kier molecular flexibility index (Phi) is 4.86. The summed E-state index contributed by atoms with van der Waals surface area (Å²) in [5, 5.41) is 5.28. The molecule has 0 aliphatic carbocycles. The molecule has 5 nitrogen and oxygen atoms in total. The lowest BCUT2D eigenvalue weighted by atomic mass is 10.3. The van der Waals surface area contributed by atoms with Crippen LogP contribution in [0, 0.1) is 6.92 Å². The van der Waals surface area contributed by atoms with Crippen LogP contribution in [0.4, 0.5) is 10.8 Å². The molecule has 3 N–H and O–H groups in total. The quantitative estimate of drug-likeness (QED) is 0.656. The summed E-state index contributed by atoms with van der Waals surface area (Å²) < 4.78 is 5.24. The number of anilines is 2. The van der Waals surface area contributed by atoms with Crippen molar-refractivity contribution in [2.75, 3.05) is 23.9 Å². The van der Waals surface area contributed by atoms with Gasteiger partial charge in [-0.05, 0) is 19.1 Å². The Bertz CT molecular complexity index is 613. The summed E-state index contributed by atoms with van der Waals surface area (Å²) in [5.74, 6) is 0.870. The molecular weight excluding hydrogens is 294 g/mol. The Hall–Kier alpha value is -1.73. The minimum atomic E-state index is -0.0942. The Morgan fingerprint density at radius 3 is 3.00 bits per heavy atom. The summed E-state index contributed by atoms with van der Waals surface area (Å²) in [6.45, 7) is 1.89. The number of benzene rings is 1. The van der Waals surface area contributed by atoms with Crippen molar-refractivity contribution in [2.24, 2.45) is 0 Å². The molecule has 0 aliphatic heterocycles. The fraction of sp³-hybridized carbons (Fsp3) is 0.231. The predicted octanol–water partition coefficient (Wildman–Crippen LogP) is 2.77. The molecule has 20 heavy (non-hydrogen) atoms. The molecule has 0 fully saturated rings. The molecule has 0 bridgehead atoms. The van der Waals surface area contributed by atoms with E-state index in [0.29, 0.717) is 22.3 Å². The first-order valence-corrected chi connectivity index (χ1v) is 7.73. The SMILES string of the molecule is COc1cc(N)ccc1SCC(=O)Nc1nc(C)cs1. The molecule has 0 saturated heterocycles. The van der Waals surface area contributed by atoms with Crippen LogP contribution in [0.5, 0.6) is 5.75 Å². The highest BCUT2D eigenvalue weighted by Gasteiger charge is 2.09. The van der Waals surface area contributed by atoms with Crippen LogP contribution in [0.2, 0.25) is 0 Å². The van der Waals surface area contributed by atoms with Gasteiger partial charge in [0.15, 0.2) is 5.13 Å². The molecule has 0 spiro atoms. The largest absolute Gasteiger partial charge is 0.496 e. The molecule has 0 aliphatic rings. The van der Waals surface area contributed by atoms with Crippen molar-refractivity contribution in [1.82, 2.24) is 4.98 Å². The molecule has 2 aromatic rings. The fourth-order valence-corrected chi connectivity index (χ4v) is 3.03. The number of carbonyl (C=O) groups is 1. The van der Waals surface area contributed by atoms with Crippen molar-refractivity contribution in [3.63, 3.8) is 0 Å². The Balaban J connectivity index is 1.93. The third kappa shape index (κ3) is 3.88. The van der Waals surface area contributed by atoms with E-state index in [9.17, 15) is 4.79 Å². The van der Waals surface area contributed by atoms with Crippen LogP contribution in [0.15, 0.2) is 28.5 Å². The van der Waals surface area contributed by atoms with Gasteiger partial charge >= 0.3 is 0 Å². The number of nitrogens with two attached hydrogens (primary N) is 1. The molecule has 0 radical (unpaired) electrons. The first-order chi connectivity index (χ1) is 9.58. The standard InChI is InChI=1S/C13H15N3O2S2/c1-8-6-20-13(15-8)16-12(17)7-19-11-4-3-9(14)5-10(11)18-2/h3-6H,7,14H2,1-2H3,(H,15,16,17). The maximum Gasteiger partial charge on any atom is 0.236 e. The van der Waals surface area contributed by atoms with Gasteiger partial charge in [-0.25, -0.2) is 4.98 Å². The van der Waals surface area contributed by atoms with Crippen LogP contribution in [0.3, 0.4) is 0 Å². The number of hydrogen-bond acceptors (Lipinski definition) is 6. The molecule has 1 aromatic heterocycles. The first-order valence-electron chi connectivity index (χ1n) is 5.87. The van der Waals surface area contributed by atoms with Gasteiger partial charge in [0.05, 0.1) is 18.6 Å². The molecule has 106 valence electrons. The number of rotatable bonds is 5. The molecule has 0 atom stereocenters. The van der Waals surface area contributed by atoms with Crippen LogP contribution < -0.4 is 15.8 Å². The Morgan fingerprint density at radius 1 is 1.55 bits per heavy atom. The second-order valence-corrected chi connectivity index (χ2v) is 5.92. The highest BCUT2D eigenvalue weighted by molar-refractivity contribution is 8.00. The lowest BCUT2D eigenvalue weighted by molar-refractivity contribution is -0.113. The average Bonchev–Trinajstić information content (AvgIpc) is 2.82. The Morgan fingerprint density at radius 2 is 2.35 bits per heavy atom. The summed E-state index contributed by atoms with van der Waals surface area (Å²) in [6, 6.07) is 5.37. The van der Waals surface area contributed by atoms with Crippen LogP contribution >= 0.6 is 23.1 Å². The molecule has 0 saturated carbocycles. The van der Waals surface area contributed by atoms with Crippen LogP contribution in [-0.2, 0) is 4.79 Å². The van der Waals surface area contributed by atoms with E-state index in [1.165, 1.54) is 23.1 Å². The summed E-state index contributed by atoms with van der Waals surface area (Å²) >= 11 is 2.81. The maximum absolute atomic E-state index is 11.8. The summed E-state index contributed by atoms with van der Waals surface area (Å²) in [5.41, 5.74) is 7.22. The predicted molar refractivity (Wildman–Crippen MR) is 83.6 cm³/mol. The monoisotopic (exact) mass is 309 g/mol. The van der Waals surface area contributed by atoms with Gasteiger partial charge in [-0.2, -0.15) is 0 Å². The zero-order valence-electron chi connectivity index (χ0n) is 11.2. The van der Waals surface area contributed by atoms with Crippen LogP contribution in [0.25, 0.3) is 0 Å². The van der Waals surface area contributed by atoms with E-state index < -0.39 is 0 Å². The van der Waals surface area contributed by atoms with Crippen LogP contribution in [-0.4, -0.2) is 23.8 Å². The Labute approximate surface area is 125 Å². The third-order valence-corrected chi connectivity index (χ3v) is 4.34. The van der Waals surface area contributed by atoms with Crippen molar-refractivity contribution < 1.29 is 9.53 Å². The van der Waals surface area contributed by atoms with E-state index in [4.69, 9.17) is 10.5 Å². The minimum Gasteiger partial charge on any atom is -0.496 e. The van der Waals surface area contributed by atoms with Crippen molar-refractivity contribution in [3.05, 3.63) is 29.3 Å². The second-order valence-electron chi connectivity index (χ2n) is 4.04. The second kappa shape index (κ2) is 6.62. The molecule has 2 rings (SSSR count). The zero-order chi connectivity index (χ0) is 14.5. The van der Waals surface area contributed by atoms with Gasteiger partial charge in [-0.1, -0.05) is 0 Å². The first kappa shape index (κ1) is 14.7. The number of thioether (sulfide) groups is 1. The number of thiazole rings is 1. The van der Waals surface area contributed by atoms with E-state index in [1.54, 1.807) is 19.2 Å². The number of aryl methyl sites for hydroxylation is 1. The molecule has 1 heterocycles. The molecule has 1 aromatic carbocycles. The molecular formula is C13H15N3O2S2. The summed E-state index contributed by atoms with van der Waals surface area (Å²) in [6.07, 6.45) is 0. The number of amides is 1. The average molecular weight is 309 g/mol. The van der Waals surface area contributed by atoms with E-state index in [0.717, 1.165) is 10.6 Å².